The van der Waals surface area contributed by atoms with Gasteiger partial charge in [-0.25, -0.2) is 23.4 Å². The van der Waals surface area contributed by atoms with E-state index >= 15 is 0 Å². The van der Waals surface area contributed by atoms with Gasteiger partial charge in [0, 0.05) is 43.9 Å². The molecule has 0 spiro atoms. The summed E-state index contributed by atoms with van der Waals surface area (Å²) < 4.78 is 31.3. The number of likely N-dealkylation sites (tertiary alicyclic amines) is 1. The number of benzene rings is 2. The molecule has 2 atom stereocenters. The average Bonchev–Trinajstić information content (AvgIpc) is 3.64. The Balaban J connectivity index is 1.32. The number of halogens is 2. The topological polar surface area (TPSA) is 89.6 Å². The van der Waals surface area contributed by atoms with E-state index in [1.165, 1.54) is 12.1 Å². The van der Waals surface area contributed by atoms with Crippen LogP contribution in [0.4, 0.5) is 20.5 Å². The van der Waals surface area contributed by atoms with E-state index in [4.69, 9.17) is 0 Å². The summed E-state index contributed by atoms with van der Waals surface area (Å²) in [7, 11) is 1.84. The number of hydrogen-bond donors (Lipinski definition) is 1. The van der Waals surface area contributed by atoms with Crippen LogP contribution >= 0.6 is 0 Å². The highest BCUT2D eigenvalue weighted by Gasteiger charge is 2.36. The predicted octanol–water partition coefficient (Wildman–Crippen LogP) is 4.30. The SMILES string of the molecule is CCN1CC(n2nnc3cc(-c4ccnc(Nc5ccnn5C)n4)ccc32)[C@H](c2ccc(F)c(F)c2)C1. The molecule has 37 heavy (non-hydrogen) atoms. The number of anilines is 2. The zero-order valence-electron chi connectivity index (χ0n) is 20.4. The highest BCUT2D eigenvalue weighted by Crippen LogP contribution is 2.38. The van der Waals surface area contributed by atoms with Gasteiger partial charge in [0.1, 0.15) is 11.3 Å². The standard InChI is InChI=1S/C26H25F2N9/c1-3-36-14-18(16-4-6-19(27)20(28)12-16)24(15-36)37-23-7-5-17(13-22(23)33-34-37)21-8-10-29-26(31-21)32-25-9-11-30-35(25)2/h4-13,18,24H,3,14-15H2,1-2H3,(H,29,31,32)/t18-,24?/m0/s1. The highest BCUT2D eigenvalue weighted by atomic mass is 19.2. The van der Waals surface area contributed by atoms with Crippen LogP contribution in [-0.2, 0) is 7.05 Å². The van der Waals surface area contributed by atoms with Gasteiger partial charge in [0.25, 0.3) is 0 Å². The van der Waals surface area contributed by atoms with Crippen molar-refractivity contribution in [3.8, 4) is 11.3 Å². The van der Waals surface area contributed by atoms with E-state index < -0.39 is 11.6 Å². The molecule has 0 saturated carbocycles. The summed E-state index contributed by atoms with van der Waals surface area (Å²) in [6, 6.07) is 13.7. The summed E-state index contributed by atoms with van der Waals surface area (Å²) in [5, 5.41) is 16.3. The van der Waals surface area contributed by atoms with E-state index in [0.717, 1.165) is 53.3 Å². The Bertz CT molecular complexity index is 1580. The van der Waals surface area contributed by atoms with Gasteiger partial charge in [-0.2, -0.15) is 5.10 Å². The van der Waals surface area contributed by atoms with Crippen molar-refractivity contribution in [2.45, 2.75) is 18.9 Å². The van der Waals surface area contributed by atoms with Crippen molar-refractivity contribution < 1.29 is 8.78 Å². The molecular formula is C26H25F2N9. The Morgan fingerprint density at radius 2 is 1.89 bits per heavy atom. The lowest BCUT2D eigenvalue weighted by Crippen LogP contribution is -2.21. The van der Waals surface area contributed by atoms with Crippen molar-refractivity contribution in [3.63, 3.8) is 0 Å². The Hall–Kier alpha value is -4.25. The number of nitrogens with zero attached hydrogens (tertiary/aromatic N) is 8. The van der Waals surface area contributed by atoms with Gasteiger partial charge in [-0.15, -0.1) is 5.10 Å². The van der Waals surface area contributed by atoms with Crippen LogP contribution in [0, 0.1) is 11.6 Å². The third kappa shape index (κ3) is 4.31. The van der Waals surface area contributed by atoms with Gasteiger partial charge in [0.2, 0.25) is 5.95 Å². The first-order chi connectivity index (χ1) is 18.0. The van der Waals surface area contributed by atoms with Crippen molar-refractivity contribution in [1.29, 1.82) is 0 Å². The first-order valence-corrected chi connectivity index (χ1v) is 12.1. The van der Waals surface area contributed by atoms with Gasteiger partial charge in [0.05, 0.1) is 23.4 Å². The molecule has 3 aromatic heterocycles. The summed E-state index contributed by atoms with van der Waals surface area (Å²) in [4.78, 5) is 11.2. The highest BCUT2D eigenvalue weighted by molar-refractivity contribution is 5.81. The van der Waals surface area contributed by atoms with Gasteiger partial charge in [-0.1, -0.05) is 24.3 Å². The predicted molar refractivity (Wildman–Crippen MR) is 135 cm³/mol. The van der Waals surface area contributed by atoms with Gasteiger partial charge in [-0.05, 0) is 42.4 Å². The largest absolute Gasteiger partial charge is 0.309 e. The summed E-state index contributed by atoms with van der Waals surface area (Å²) >= 11 is 0. The number of rotatable bonds is 6. The summed E-state index contributed by atoms with van der Waals surface area (Å²) in [5.41, 5.74) is 4.00. The Morgan fingerprint density at radius 1 is 1.00 bits per heavy atom. The molecule has 0 amide bonds. The minimum atomic E-state index is -0.840. The fraction of sp³-hybridized carbons (Fsp3) is 0.269. The third-order valence-electron chi connectivity index (χ3n) is 6.98. The summed E-state index contributed by atoms with van der Waals surface area (Å²) in [6.45, 7) is 4.43. The maximum atomic E-state index is 14.1. The maximum Gasteiger partial charge on any atom is 0.228 e. The monoisotopic (exact) mass is 501 g/mol. The molecule has 4 heterocycles. The lowest BCUT2D eigenvalue weighted by Gasteiger charge is -2.20. The Kier molecular flexibility index (Phi) is 5.84. The molecule has 9 nitrogen and oxygen atoms in total. The zero-order chi connectivity index (χ0) is 25.5. The third-order valence-corrected chi connectivity index (χ3v) is 6.98. The van der Waals surface area contributed by atoms with Crippen LogP contribution in [0.3, 0.4) is 0 Å². The lowest BCUT2D eigenvalue weighted by molar-refractivity contribution is 0.336. The minimum absolute atomic E-state index is 0.0397. The number of nitrogens with one attached hydrogen (secondary N) is 1. The molecule has 1 unspecified atom stereocenters. The van der Waals surface area contributed by atoms with Crippen LogP contribution in [0.1, 0.15) is 24.4 Å². The van der Waals surface area contributed by atoms with Crippen LogP contribution in [0.15, 0.2) is 60.9 Å². The fourth-order valence-corrected chi connectivity index (χ4v) is 4.98. The molecule has 0 aliphatic carbocycles. The van der Waals surface area contributed by atoms with E-state index in [9.17, 15) is 8.78 Å². The van der Waals surface area contributed by atoms with Crippen LogP contribution < -0.4 is 5.32 Å². The van der Waals surface area contributed by atoms with Gasteiger partial charge in [0.15, 0.2) is 11.6 Å². The second kappa shape index (κ2) is 9.32. The molecule has 1 saturated heterocycles. The number of aromatic nitrogens is 7. The minimum Gasteiger partial charge on any atom is -0.309 e. The Labute approximate surface area is 211 Å². The van der Waals surface area contributed by atoms with Crippen molar-refractivity contribution in [2.75, 3.05) is 25.0 Å². The number of aryl methyl sites for hydroxylation is 1. The first-order valence-electron chi connectivity index (χ1n) is 12.1. The molecule has 1 fully saturated rings. The van der Waals surface area contributed by atoms with Gasteiger partial charge < -0.3 is 10.2 Å². The molecule has 0 radical (unpaired) electrons. The van der Waals surface area contributed by atoms with E-state index in [2.05, 4.69) is 42.5 Å². The van der Waals surface area contributed by atoms with E-state index in [1.807, 2.05) is 42.1 Å². The average molecular weight is 502 g/mol. The van der Waals surface area contributed by atoms with Crippen LogP contribution in [0.25, 0.3) is 22.3 Å². The maximum absolute atomic E-state index is 14.1. The molecule has 1 N–H and O–H groups in total. The number of hydrogen-bond acceptors (Lipinski definition) is 7. The first kappa shape index (κ1) is 23.2. The molecule has 2 aromatic carbocycles. The normalized spacial score (nSPS) is 18.1. The van der Waals surface area contributed by atoms with Crippen molar-refractivity contribution >= 4 is 22.8 Å². The molecule has 1 aliphatic heterocycles. The molecule has 0 bridgehead atoms. The smallest absolute Gasteiger partial charge is 0.228 e. The molecule has 11 heteroatoms. The number of likely N-dealkylation sites (N-methyl/N-ethyl adjacent to an activating group) is 1. The van der Waals surface area contributed by atoms with E-state index in [-0.39, 0.29) is 12.0 Å². The van der Waals surface area contributed by atoms with Crippen molar-refractivity contribution in [1.82, 2.24) is 39.6 Å². The molecular weight excluding hydrogens is 476 g/mol. The van der Waals surface area contributed by atoms with Crippen LogP contribution in [-0.4, -0.2) is 59.3 Å². The molecule has 1 aliphatic rings. The summed E-state index contributed by atoms with van der Waals surface area (Å²) in [6.07, 6.45) is 3.40. The lowest BCUT2D eigenvalue weighted by atomic mass is 9.94. The molecule has 188 valence electrons. The second-order valence-corrected chi connectivity index (χ2v) is 9.17. The molecule has 6 rings (SSSR count). The second-order valence-electron chi connectivity index (χ2n) is 9.17. The zero-order valence-corrected chi connectivity index (χ0v) is 20.4. The van der Waals surface area contributed by atoms with Crippen LogP contribution in [0.5, 0.6) is 0 Å². The van der Waals surface area contributed by atoms with Crippen molar-refractivity contribution in [3.05, 3.63) is 78.1 Å². The summed E-state index contributed by atoms with van der Waals surface area (Å²) in [5.74, 6) is -0.468. The number of fused-ring (bicyclic) bond motifs is 1. The fourth-order valence-electron chi connectivity index (χ4n) is 4.98. The van der Waals surface area contributed by atoms with Crippen molar-refractivity contribution in [2.24, 2.45) is 7.05 Å². The van der Waals surface area contributed by atoms with Gasteiger partial charge in [-0.3, -0.25) is 4.68 Å². The Morgan fingerprint density at radius 3 is 2.68 bits per heavy atom. The van der Waals surface area contributed by atoms with Gasteiger partial charge >= 0.3 is 0 Å². The molecule has 5 aromatic rings. The quantitative estimate of drug-likeness (QED) is 0.371. The van der Waals surface area contributed by atoms with Crippen LogP contribution in [0.2, 0.25) is 0 Å². The van der Waals surface area contributed by atoms with E-state index in [1.54, 1.807) is 23.1 Å². The van der Waals surface area contributed by atoms with E-state index in [0.29, 0.717) is 5.95 Å².